The number of nitrogens with zero attached hydrogens (tertiary/aromatic N) is 4. The van der Waals surface area contributed by atoms with Crippen LogP contribution in [0.15, 0.2) is 33.5 Å². The molecule has 0 saturated heterocycles. The van der Waals surface area contributed by atoms with Gasteiger partial charge in [-0.2, -0.15) is 0 Å². The Bertz CT molecular complexity index is 943. The van der Waals surface area contributed by atoms with Crippen molar-refractivity contribution < 1.29 is 0 Å². The van der Waals surface area contributed by atoms with E-state index in [2.05, 4.69) is 35.1 Å². The molecule has 7 heteroatoms. The summed E-state index contributed by atoms with van der Waals surface area (Å²) in [5, 5.41) is 3.45. The number of benzene rings is 1. The van der Waals surface area contributed by atoms with Crippen molar-refractivity contribution in [3.8, 4) is 22.9 Å². The first-order valence-corrected chi connectivity index (χ1v) is 9.45. The van der Waals surface area contributed by atoms with E-state index in [-0.39, 0.29) is 11.7 Å². The van der Waals surface area contributed by atoms with Gasteiger partial charge in [-0.05, 0) is 25.0 Å². The molecule has 0 spiro atoms. The third-order valence-corrected chi connectivity index (χ3v) is 5.17. The molecule has 0 saturated carbocycles. The summed E-state index contributed by atoms with van der Waals surface area (Å²) in [7, 11) is 0. The van der Waals surface area contributed by atoms with E-state index < -0.39 is 0 Å². The fraction of sp³-hybridized carbons (Fsp3) is 0.389. The second-order valence-corrected chi connectivity index (χ2v) is 7.28. The molecular formula is C18H20BrN5O. The maximum atomic E-state index is 12.9. The number of fused-ring (bicyclic) bond motifs is 3. The lowest BCUT2D eigenvalue weighted by molar-refractivity contribution is 0.556. The summed E-state index contributed by atoms with van der Waals surface area (Å²) in [4.78, 5) is 22.4. The second kappa shape index (κ2) is 6.29. The predicted molar refractivity (Wildman–Crippen MR) is 102 cm³/mol. The first-order valence-electron chi connectivity index (χ1n) is 8.66. The maximum Gasteiger partial charge on any atom is 0.331 e. The molecule has 0 bridgehead atoms. The molecule has 0 fully saturated rings. The molecule has 25 heavy (non-hydrogen) atoms. The number of imidazole rings is 1. The number of hydrogen-bond acceptors (Lipinski definition) is 4. The Labute approximate surface area is 154 Å². The molecule has 0 aliphatic carbocycles. The minimum absolute atomic E-state index is 0.00458. The average molecular weight is 402 g/mol. The van der Waals surface area contributed by atoms with Crippen molar-refractivity contribution in [1.29, 1.82) is 0 Å². The van der Waals surface area contributed by atoms with Gasteiger partial charge in [-0.3, -0.25) is 9.13 Å². The maximum absolute atomic E-state index is 12.9. The minimum atomic E-state index is -0.00458. The molecule has 6 nitrogen and oxygen atoms in total. The Balaban J connectivity index is 1.93. The summed E-state index contributed by atoms with van der Waals surface area (Å²) in [6.07, 6.45) is 1.84. The molecule has 1 unspecified atom stereocenters. The van der Waals surface area contributed by atoms with Gasteiger partial charge in [0.1, 0.15) is 11.5 Å². The van der Waals surface area contributed by atoms with Crippen LogP contribution < -0.4 is 11.0 Å². The van der Waals surface area contributed by atoms with E-state index in [9.17, 15) is 4.79 Å². The van der Waals surface area contributed by atoms with Crippen LogP contribution >= 0.6 is 15.9 Å². The molecule has 130 valence electrons. The highest BCUT2D eigenvalue weighted by molar-refractivity contribution is 9.10. The van der Waals surface area contributed by atoms with Crippen molar-refractivity contribution >= 4 is 21.7 Å². The average Bonchev–Trinajstić information content (AvgIpc) is 3.23. The van der Waals surface area contributed by atoms with Crippen LogP contribution in [0.3, 0.4) is 0 Å². The highest BCUT2D eigenvalue weighted by Crippen LogP contribution is 2.33. The summed E-state index contributed by atoms with van der Waals surface area (Å²) in [5.41, 5.74) is 1.72. The summed E-state index contributed by atoms with van der Waals surface area (Å²) in [6.45, 7) is 5.51. The summed E-state index contributed by atoms with van der Waals surface area (Å²) < 4.78 is 4.58. The molecule has 0 aromatic heterocycles. The van der Waals surface area contributed by atoms with Crippen LogP contribution in [0.4, 0.5) is 5.82 Å². The van der Waals surface area contributed by atoms with Gasteiger partial charge in [0.15, 0.2) is 11.6 Å². The van der Waals surface area contributed by atoms with Gasteiger partial charge in [0.25, 0.3) is 0 Å². The fourth-order valence-corrected chi connectivity index (χ4v) is 3.56. The summed E-state index contributed by atoms with van der Waals surface area (Å²) >= 11 is 3.45. The normalized spacial score (nSPS) is 16.2. The molecule has 0 amide bonds. The van der Waals surface area contributed by atoms with Crippen LogP contribution in [0.25, 0.3) is 22.9 Å². The molecule has 1 aromatic carbocycles. The van der Waals surface area contributed by atoms with Crippen molar-refractivity contribution in [2.45, 2.75) is 45.8 Å². The zero-order valence-corrected chi connectivity index (χ0v) is 15.9. The van der Waals surface area contributed by atoms with Gasteiger partial charge >= 0.3 is 5.69 Å². The minimum Gasteiger partial charge on any atom is -0.365 e. The van der Waals surface area contributed by atoms with Gasteiger partial charge in [0.2, 0.25) is 0 Å². The largest absolute Gasteiger partial charge is 0.365 e. The van der Waals surface area contributed by atoms with E-state index in [4.69, 9.17) is 9.97 Å². The third-order valence-electron chi connectivity index (χ3n) is 4.64. The van der Waals surface area contributed by atoms with Crippen molar-refractivity contribution in [1.82, 2.24) is 19.1 Å². The van der Waals surface area contributed by atoms with Crippen LogP contribution in [0.1, 0.15) is 26.7 Å². The molecule has 3 heterocycles. The number of aromatic nitrogens is 4. The van der Waals surface area contributed by atoms with E-state index in [0.717, 1.165) is 34.4 Å². The Morgan fingerprint density at radius 3 is 2.68 bits per heavy atom. The fourth-order valence-electron chi connectivity index (χ4n) is 3.30. The van der Waals surface area contributed by atoms with Crippen LogP contribution in [0.2, 0.25) is 0 Å². The quantitative estimate of drug-likeness (QED) is 0.725. The van der Waals surface area contributed by atoms with Crippen LogP contribution in [0.5, 0.6) is 0 Å². The molecule has 1 N–H and O–H groups in total. The van der Waals surface area contributed by atoms with Gasteiger partial charge in [-0.1, -0.05) is 41.9 Å². The molecule has 3 aliphatic heterocycles. The first-order chi connectivity index (χ1) is 12.1. The Hall–Kier alpha value is -2.15. The Morgan fingerprint density at radius 2 is 2.00 bits per heavy atom. The smallest absolute Gasteiger partial charge is 0.331 e. The van der Waals surface area contributed by atoms with Gasteiger partial charge in [0.05, 0.1) is 0 Å². The van der Waals surface area contributed by atoms with Gasteiger partial charge in [-0.15, -0.1) is 0 Å². The summed E-state index contributed by atoms with van der Waals surface area (Å²) in [5.74, 6) is 2.12. The lowest BCUT2D eigenvalue weighted by Crippen LogP contribution is -2.32. The van der Waals surface area contributed by atoms with E-state index in [1.54, 1.807) is 4.57 Å². The molecule has 4 rings (SSSR count). The van der Waals surface area contributed by atoms with E-state index in [0.29, 0.717) is 24.7 Å². The zero-order chi connectivity index (χ0) is 17.6. The molecule has 0 radical (unpaired) electrons. The Kier molecular flexibility index (Phi) is 4.11. The van der Waals surface area contributed by atoms with Crippen molar-refractivity contribution in [3.05, 3.63) is 39.2 Å². The first kappa shape index (κ1) is 16.3. The lowest BCUT2D eigenvalue weighted by Gasteiger charge is -2.13. The van der Waals surface area contributed by atoms with Crippen molar-refractivity contribution in [3.63, 3.8) is 0 Å². The van der Waals surface area contributed by atoms with Crippen LogP contribution in [-0.4, -0.2) is 25.1 Å². The second-order valence-electron chi connectivity index (χ2n) is 6.37. The third kappa shape index (κ3) is 2.66. The zero-order valence-electron chi connectivity index (χ0n) is 14.3. The van der Waals surface area contributed by atoms with Gasteiger partial charge in [0, 0.05) is 29.2 Å². The number of anilines is 1. The standard InChI is InChI=1S/C18H20BrN5O/c1-3-9-23-17-14(16-20-13(4-2)10-24(16)18(23)25)21-15(22-17)11-5-7-12(19)8-6-11/h5-8,13,20H,3-4,9-10H2,1-2H3. The Morgan fingerprint density at radius 1 is 1.24 bits per heavy atom. The van der Waals surface area contributed by atoms with Gasteiger partial charge in [-0.25, -0.2) is 14.8 Å². The predicted octanol–water partition coefficient (Wildman–Crippen LogP) is 3.59. The topological polar surface area (TPSA) is 64.7 Å². The molecule has 1 atom stereocenters. The van der Waals surface area contributed by atoms with Gasteiger partial charge < -0.3 is 5.32 Å². The molecule has 3 aliphatic rings. The lowest BCUT2D eigenvalue weighted by atomic mass is 10.2. The highest BCUT2D eigenvalue weighted by atomic mass is 79.9. The SMILES string of the molecule is CCCn1c2nc(-c3ccc(Br)cc3)nc-2c2n(c1=O)CC(CC)N2. The van der Waals surface area contributed by atoms with E-state index in [1.807, 2.05) is 28.8 Å². The van der Waals surface area contributed by atoms with Crippen molar-refractivity contribution in [2.24, 2.45) is 0 Å². The van der Waals surface area contributed by atoms with Crippen molar-refractivity contribution in [2.75, 3.05) is 5.32 Å². The van der Waals surface area contributed by atoms with E-state index >= 15 is 0 Å². The van der Waals surface area contributed by atoms with Crippen LogP contribution in [0, 0.1) is 0 Å². The van der Waals surface area contributed by atoms with E-state index in [1.165, 1.54) is 0 Å². The summed E-state index contributed by atoms with van der Waals surface area (Å²) in [6, 6.07) is 8.17. The molecular weight excluding hydrogens is 382 g/mol. The number of nitrogens with one attached hydrogen (secondary N) is 1. The number of rotatable bonds is 4. The molecule has 1 aromatic rings. The number of halogens is 1. The highest BCUT2D eigenvalue weighted by Gasteiger charge is 2.30. The number of hydrogen-bond donors (Lipinski definition) is 1. The monoisotopic (exact) mass is 401 g/mol. The van der Waals surface area contributed by atoms with Crippen LogP contribution in [-0.2, 0) is 13.1 Å².